The van der Waals surface area contributed by atoms with E-state index in [9.17, 15) is 5.11 Å². The van der Waals surface area contributed by atoms with Gasteiger partial charge in [-0.25, -0.2) is 0 Å². The monoisotopic (exact) mass is 231 g/mol. The summed E-state index contributed by atoms with van der Waals surface area (Å²) in [5.41, 5.74) is 2.79. The number of aliphatic hydroxyl groups is 1. The lowest BCUT2D eigenvalue weighted by Gasteiger charge is -2.07. The zero-order chi connectivity index (χ0) is 12.3. The van der Waals surface area contributed by atoms with Gasteiger partial charge in [0.2, 0.25) is 0 Å². The second-order valence-electron chi connectivity index (χ2n) is 4.15. The molecule has 90 valence electrons. The Kier molecular flexibility index (Phi) is 3.54. The summed E-state index contributed by atoms with van der Waals surface area (Å²) in [6.07, 6.45) is 4.58. The fraction of sp³-hybridized carbons (Fsp3) is 0.385. The highest BCUT2D eigenvalue weighted by atomic mass is 16.3. The van der Waals surface area contributed by atoms with Crippen LogP contribution in [0.3, 0.4) is 0 Å². The van der Waals surface area contributed by atoms with Crippen LogP contribution in [0.25, 0.3) is 0 Å². The van der Waals surface area contributed by atoms with Crippen molar-refractivity contribution in [1.29, 1.82) is 0 Å². The van der Waals surface area contributed by atoms with Gasteiger partial charge in [-0.1, -0.05) is 13.0 Å². The maximum atomic E-state index is 10.00. The Morgan fingerprint density at radius 3 is 2.71 bits per heavy atom. The third kappa shape index (κ3) is 2.91. The highest BCUT2D eigenvalue weighted by Gasteiger charge is 2.11. The van der Waals surface area contributed by atoms with E-state index in [1.54, 1.807) is 4.68 Å². The smallest absolute Gasteiger partial charge is 0.103 e. The van der Waals surface area contributed by atoms with Crippen molar-refractivity contribution in [3.8, 4) is 0 Å². The van der Waals surface area contributed by atoms with Crippen LogP contribution in [0.1, 0.15) is 30.0 Å². The molecule has 2 aromatic rings. The summed E-state index contributed by atoms with van der Waals surface area (Å²) in [6, 6.07) is 5.84. The van der Waals surface area contributed by atoms with Crippen LogP contribution in [0.15, 0.2) is 30.6 Å². The van der Waals surface area contributed by atoms with Crippen molar-refractivity contribution in [2.45, 2.75) is 25.9 Å². The minimum absolute atomic E-state index is 0.501. The van der Waals surface area contributed by atoms with Crippen molar-refractivity contribution in [3.63, 3.8) is 0 Å². The molecular weight excluding hydrogens is 214 g/mol. The van der Waals surface area contributed by atoms with E-state index in [4.69, 9.17) is 0 Å². The summed E-state index contributed by atoms with van der Waals surface area (Å²) >= 11 is 0. The normalized spacial score (nSPS) is 12.6. The first kappa shape index (κ1) is 11.8. The first-order chi connectivity index (χ1) is 8.19. The molecule has 4 heteroatoms. The first-order valence-corrected chi connectivity index (χ1v) is 5.80. The molecule has 0 saturated heterocycles. The fourth-order valence-electron chi connectivity index (χ4n) is 1.70. The van der Waals surface area contributed by atoms with Gasteiger partial charge < -0.3 is 5.11 Å². The van der Waals surface area contributed by atoms with Gasteiger partial charge in [-0.15, -0.1) is 0 Å². The molecule has 4 nitrogen and oxygen atoms in total. The molecule has 0 saturated carbocycles. The fourth-order valence-corrected chi connectivity index (χ4v) is 1.70. The van der Waals surface area contributed by atoms with Crippen LogP contribution in [0.2, 0.25) is 0 Å². The molecule has 0 fully saturated rings. The summed E-state index contributed by atoms with van der Waals surface area (Å²) in [6.45, 7) is 2.10. The topological polar surface area (TPSA) is 50.9 Å². The maximum absolute atomic E-state index is 10.00. The van der Waals surface area contributed by atoms with Gasteiger partial charge in [0.25, 0.3) is 0 Å². The van der Waals surface area contributed by atoms with Gasteiger partial charge in [-0.3, -0.25) is 9.67 Å². The van der Waals surface area contributed by atoms with E-state index in [0.29, 0.717) is 12.1 Å². The Balaban J connectivity index is 2.04. The van der Waals surface area contributed by atoms with Crippen LogP contribution in [0.5, 0.6) is 0 Å². The molecule has 0 aliphatic rings. The number of aryl methyl sites for hydroxylation is 2. The lowest BCUT2D eigenvalue weighted by Crippen LogP contribution is -2.05. The summed E-state index contributed by atoms with van der Waals surface area (Å²) in [4.78, 5) is 4.33. The molecule has 2 aromatic heterocycles. The van der Waals surface area contributed by atoms with Crippen molar-refractivity contribution in [2.24, 2.45) is 7.05 Å². The Bertz CT molecular complexity index is 476. The molecule has 0 aliphatic carbocycles. The molecule has 2 heterocycles. The standard InChI is InChI=1S/C13H17N3O/c1-3-10-4-5-11(14-9-10)8-13(17)12-6-7-16(2)15-12/h4-7,9,13,17H,3,8H2,1-2H3. The average molecular weight is 231 g/mol. The molecule has 1 atom stereocenters. The predicted octanol–water partition coefficient (Wildman–Crippen LogP) is 1.65. The lowest BCUT2D eigenvalue weighted by molar-refractivity contribution is 0.171. The van der Waals surface area contributed by atoms with Crippen molar-refractivity contribution >= 4 is 0 Å². The van der Waals surface area contributed by atoms with Gasteiger partial charge >= 0.3 is 0 Å². The highest BCUT2D eigenvalue weighted by molar-refractivity contribution is 5.16. The number of pyridine rings is 1. The number of hydrogen-bond donors (Lipinski definition) is 1. The van der Waals surface area contributed by atoms with E-state index in [0.717, 1.165) is 12.1 Å². The summed E-state index contributed by atoms with van der Waals surface area (Å²) in [7, 11) is 1.84. The highest BCUT2D eigenvalue weighted by Crippen LogP contribution is 2.15. The number of rotatable bonds is 4. The van der Waals surface area contributed by atoms with Gasteiger partial charge in [0, 0.05) is 31.6 Å². The molecule has 0 bridgehead atoms. The zero-order valence-electron chi connectivity index (χ0n) is 10.2. The van der Waals surface area contributed by atoms with E-state index in [2.05, 4.69) is 17.0 Å². The van der Waals surface area contributed by atoms with Crippen molar-refractivity contribution in [3.05, 3.63) is 47.5 Å². The number of nitrogens with zero attached hydrogens (tertiary/aromatic N) is 3. The predicted molar refractivity (Wildman–Crippen MR) is 65.5 cm³/mol. The van der Waals surface area contributed by atoms with Gasteiger partial charge in [-0.2, -0.15) is 5.10 Å². The molecule has 1 N–H and O–H groups in total. The third-order valence-electron chi connectivity index (χ3n) is 2.77. The quantitative estimate of drug-likeness (QED) is 0.870. The first-order valence-electron chi connectivity index (χ1n) is 5.80. The molecule has 0 spiro atoms. The van der Waals surface area contributed by atoms with Crippen LogP contribution in [-0.2, 0) is 19.9 Å². The Hall–Kier alpha value is -1.68. The molecule has 0 amide bonds. The van der Waals surface area contributed by atoms with Gasteiger partial charge in [0.05, 0.1) is 5.69 Å². The van der Waals surface area contributed by atoms with Crippen molar-refractivity contribution < 1.29 is 5.11 Å². The molecule has 17 heavy (non-hydrogen) atoms. The lowest BCUT2D eigenvalue weighted by atomic mass is 10.1. The molecule has 0 aliphatic heterocycles. The van der Waals surface area contributed by atoms with Crippen LogP contribution in [0, 0.1) is 0 Å². The second kappa shape index (κ2) is 5.10. The van der Waals surface area contributed by atoms with E-state index < -0.39 is 6.10 Å². The van der Waals surface area contributed by atoms with E-state index in [1.807, 2.05) is 37.6 Å². The van der Waals surface area contributed by atoms with E-state index in [-0.39, 0.29) is 0 Å². The van der Waals surface area contributed by atoms with Crippen LogP contribution in [0.4, 0.5) is 0 Å². The molecule has 1 unspecified atom stereocenters. The largest absolute Gasteiger partial charge is 0.386 e. The summed E-state index contributed by atoms with van der Waals surface area (Å²) in [5, 5.41) is 14.2. The molecular formula is C13H17N3O. The van der Waals surface area contributed by atoms with E-state index >= 15 is 0 Å². The number of aromatic nitrogens is 3. The van der Waals surface area contributed by atoms with Crippen molar-refractivity contribution in [1.82, 2.24) is 14.8 Å². The minimum atomic E-state index is -0.587. The molecule has 2 rings (SSSR count). The molecule has 0 aromatic carbocycles. The summed E-state index contributed by atoms with van der Waals surface area (Å²) < 4.78 is 1.69. The Morgan fingerprint density at radius 1 is 1.35 bits per heavy atom. The van der Waals surface area contributed by atoms with E-state index in [1.165, 1.54) is 5.56 Å². The number of aliphatic hydroxyl groups excluding tert-OH is 1. The van der Waals surface area contributed by atoms with Gasteiger partial charge in [0.15, 0.2) is 0 Å². The SMILES string of the molecule is CCc1ccc(CC(O)c2ccn(C)n2)nc1. The third-order valence-corrected chi connectivity index (χ3v) is 2.77. The van der Waals surface area contributed by atoms with Crippen LogP contribution >= 0.6 is 0 Å². The maximum Gasteiger partial charge on any atom is 0.103 e. The number of hydrogen-bond acceptors (Lipinski definition) is 3. The molecule has 0 radical (unpaired) electrons. The Morgan fingerprint density at radius 2 is 2.18 bits per heavy atom. The second-order valence-corrected chi connectivity index (χ2v) is 4.15. The minimum Gasteiger partial charge on any atom is -0.386 e. The summed E-state index contributed by atoms with van der Waals surface area (Å²) in [5.74, 6) is 0. The van der Waals surface area contributed by atoms with Crippen molar-refractivity contribution in [2.75, 3.05) is 0 Å². The van der Waals surface area contributed by atoms with Crippen LogP contribution < -0.4 is 0 Å². The van der Waals surface area contributed by atoms with Gasteiger partial charge in [-0.05, 0) is 24.1 Å². The Labute approximate surface area is 101 Å². The van der Waals surface area contributed by atoms with Crippen LogP contribution in [-0.4, -0.2) is 19.9 Å². The zero-order valence-corrected chi connectivity index (χ0v) is 10.2. The average Bonchev–Trinajstić information content (AvgIpc) is 2.77. The van der Waals surface area contributed by atoms with Gasteiger partial charge in [0.1, 0.15) is 6.10 Å².